The monoisotopic (exact) mass is 429 g/mol. The molecule has 0 saturated carbocycles. The first-order valence-electron chi connectivity index (χ1n) is 10.2. The third-order valence-corrected chi connectivity index (χ3v) is 5.02. The number of nitrogens with zero attached hydrogens (tertiary/aromatic N) is 2. The Hall–Kier alpha value is -4.13. The van der Waals surface area contributed by atoms with Crippen molar-refractivity contribution in [1.29, 1.82) is 0 Å². The van der Waals surface area contributed by atoms with E-state index >= 15 is 0 Å². The summed E-state index contributed by atoms with van der Waals surface area (Å²) in [6, 6.07) is 25.1. The predicted molar refractivity (Wildman–Crippen MR) is 120 cm³/mol. The Morgan fingerprint density at radius 2 is 1.59 bits per heavy atom. The van der Waals surface area contributed by atoms with Crippen molar-refractivity contribution in [3.63, 3.8) is 0 Å². The molecule has 1 amide bonds. The van der Waals surface area contributed by atoms with E-state index in [1.54, 1.807) is 28.8 Å². The molecular formula is C25H23N3O4. The van der Waals surface area contributed by atoms with E-state index in [-0.39, 0.29) is 19.1 Å². The highest BCUT2D eigenvalue weighted by Gasteiger charge is 2.24. The molecule has 1 atom stereocenters. The second-order valence-electron chi connectivity index (χ2n) is 7.14. The Labute approximate surface area is 185 Å². The van der Waals surface area contributed by atoms with Gasteiger partial charge in [0.15, 0.2) is 6.04 Å². The first kappa shape index (κ1) is 21.1. The number of rotatable bonds is 8. The number of fused-ring (bicyclic) bond motifs is 1. The molecule has 1 heterocycles. The minimum atomic E-state index is -0.896. The van der Waals surface area contributed by atoms with Gasteiger partial charge < -0.3 is 19.4 Å². The summed E-state index contributed by atoms with van der Waals surface area (Å²) in [5, 5.41) is 2.79. The number of aromatic nitrogens is 2. The molecule has 0 bridgehead atoms. The minimum Gasteiger partial charge on any atom is -0.486 e. The standard InChI is InChI=1S/C25H23N3O4/c1-31-25(30)24(18-10-4-2-5-11-18)27-23(29)16-28-21-15-9-8-14-20(21)26-22(28)17-32-19-12-6-3-7-13-19/h2-15,24H,16-17H2,1H3,(H,27,29). The fraction of sp³-hybridized carbons (Fsp3) is 0.160. The number of ether oxygens (including phenoxy) is 2. The smallest absolute Gasteiger partial charge is 0.333 e. The van der Waals surface area contributed by atoms with E-state index in [4.69, 9.17) is 9.47 Å². The van der Waals surface area contributed by atoms with Gasteiger partial charge in [-0.25, -0.2) is 9.78 Å². The third-order valence-electron chi connectivity index (χ3n) is 5.02. The highest BCUT2D eigenvalue weighted by atomic mass is 16.5. The van der Waals surface area contributed by atoms with E-state index in [2.05, 4.69) is 10.3 Å². The number of hydrogen-bond acceptors (Lipinski definition) is 5. The van der Waals surface area contributed by atoms with Crippen LogP contribution in [-0.2, 0) is 27.5 Å². The normalized spacial score (nSPS) is 11.7. The van der Waals surface area contributed by atoms with Crippen LogP contribution in [-0.4, -0.2) is 28.5 Å². The van der Waals surface area contributed by atoms with Crippen molar-refractivity contribution in [2.75, 3.05) is 7.11 Å². The number of carbonyl (C=O) groups is 2. The fourth-order valence-corrected chi connectivity index (χ4v) is 3.47. The zero-order valence-corrected chi connectivity index (χ0v) is 17.6. The van der Waals surface area contributed by atoms with Crippen LogP contribution < -0.4 is 10.1 Å². The molecule has 4 rings (SSSR count). The van der Waals surface area contributed by atoms with Gasteiger partial charge in [0, 0.05) is 0 Å². The average molecular weight is 429 g/mol. The van der Waals surface area contributed by atoms with Gasteiger partial charge in [0.05, 0.1) is 18.1 Å². The molecule has 7 nitrogen and oxygen atoms in total. The Morgan fingerprint density at radius 3 is 2.31 bits per heavy atom. The Kier molecular flexibility index (Phi) is 6.46. The lowest BCUT2D eigenvalue weighted by atomic mass is 10.1. The number of methoxy groups -OCH3 is 1. The molecule has 0 spiro atoms. The second-order valence-corrected chi connectivity index (χ2v) is 7.14. The molecular weight excluding hydrogens is 406 g/mol. The largest absolute Gasteiger partial charge is 0.486 e. The van der Waals surface area contributed by atoms with Crippen LogP contribution in [0.5, 0.6) is 5.75 Å². The van der Waals surface area contributed by atoms with Gasteiger partial charge in [-0.15, -0.1) is 0 Å². The van der Waals surface area contributed by atoms with E-state index < -0.39 is 12.0 Å². The first-order valence-corrected chi connectivity index (χ1v) is 10.2. The predicted octanol–water partition coefficient (Wildman–Crippen LogP) is 3.65. The van der Waals surface area contributed by atoms with Crippen LogP contribution in [0.4, 0.5) is 0 Å². The van der Waals surface area contributed by atoms with Gasteiger partial charge >= 0.3 is 5.97 Å². The molecule has 1 N–H and O–H groups in total. The summed E-state index contributed by atoms with van der Waals surface area (Å²) >= 11 is 0. The highest BCUT2D eigenvalue weighted by Crippen LogP contribution is 2.19. The molecule has 3 aromatic carbocycles. The van der Waals surface area contributed by atoms with E-state index in [0.717, 1.165) is 11.0 Å². The summed E-state index contributed by atoms with van der Waals surface area (Å²) in [6.45, 7) is 0.180. The van der Waals surface area contributed by atoms with Crippen LogP contribution in [0.15, 0.2) is 84.9 Å². The lowest BCUT2D eigenvalue weighted by molar-refractivity contribution is -0.145. The Morgan fingerprint density at radius 1 is 0.938 bits per heavy atom. The van der Waals surface area contributed by atoms with Gasteiger partial charge in [0.25, 0.3) is 0 Å². The number of para-hydroxylation sites is 3. The van der Waals surface area contributed by atoms with Crippen LogP contribution in [0, 0.1) is 0 Å². The molecule has 0 aliphatic heterocycles. The van der Waals surface area contributed by atoms with E-state index in [9.17, 15) is 9.59 Å². The average Bonchev–Trinajstić information content (AvgIpc) is 3.19. The van der Waals surface area contributed by atoms with Crippen molar-refractivity contribution in [2.24, 2.45) is 0 Å². The maximum atomic E-state index is 13.0. The van der Waals surface area contributed by atoms with Gasteiger partial charge in [-0.05, 0) is 29.8 Å². The fourth-order valence-electron chi connectivity index (χ4n) is 3.47. The molecule has 4 aromatic rings. The summed E-state index contributed by atoms with van der Waals surface area (Å²) < 4.78 is 12.6. The van der Waals surface area contributed by atoms with Crippen molar-refractivity contribution in [1.82, 2.24) is 14.9 Å². The third kappa shape index (κ3) is 4.78. The van der Waals surface area contributed by atoms with Crippen LogP contribution in [0.1, 0.15) is 17.4 Å². The number of nitrogens with one attached hydrogen (secondary N) is 1. The molecule has 1 unspecified atom stereocenters. The number of esters is 1. The Bertz CT molecular complexity index is 1210. The number of amides is 1. The number of hydrogen-bond donors (Lipinski definition) is 1. The van der Waals surface area contributed by atoms with Gasteiger partial charge in [-0.2, -0.15) is 0 Å². The van der Waals surface area contributed by atoms with Crippen molar-refractivity contribution < 1.29 is 19.1 Å². The van der Waals surface area contributed by atoms with Gasteiger partial charge in [0.2, 0.25) is 5.91 Å². The topological polar surface area (TPSA) is 82.5 Å². The van der Waals surface area contributed by atoms with Crippen LogP contribution in [0.2, 0.25) is 0 Å². The first-order chi connectivity index (χ1) is 15.7. The zero-order valence-electron chi connectivity index (χ0n) is 17.6. The van der Waals surface area contributed by atoms with Crippen molar-refractivity contribution in [2.45, 2.75) is 19.2 Å². The second kappa shape index (κ2) is 9.78. The van der Waals surface area contributed by atoms with Crippen molar-refractivity contribution in [3.8, 4) is 5.75 Å². The Balaban J connectivity index is 1.57. The van der Waals surface area contributed by atoms with E-state index in [1.165, 1.54) is 7.11 Å². The van der Waals surface area contributed by atoms with Crippen LogP contribution in [0.3, 0.4) is 0 Å². The van der Waals surface area contributed by atoms with Crippen LogP contribution in [0.25, 0.3) is 11.0 Å². The van der Waals surface area contributed by atoms with E-state index in [1.807, 2.05) is 60.7 Å². The molecule has 0 aliphatic rings. The lowest BCUT2D eigenvalue weighted by Gasteiger charge is -2.18. The number of imidazole rings is 1. The lowest BCUT2D eigenvalue weighted by Crippen LogP contribution is -2.36. The molecule has 0 saturated heterocycles. The summed E-state index contributed by atoms with van der Waals surface area (Å²) in [5.41, 5.74) is 2.22. The molecule has 7 heteroatoms. The summed E-state index contributed by atoms with van der Waals surface area (Å²) in [4.78, 5) is 29.9. The minimum absolute atomic E-state index is 0.0195. The molecule has 1 aromatic heterocycles. The summed E-state index contributed by atoms with van der Waals surface area (Å²) in [6.07, 6.45) is 0. The SMILES string of the molecule is COC(=O)C(NC(=O)Cn1c(COc2ccccc2)nc2ccccc21)c1ccccc1. The maximum Gasteiger partial charge on any atom is 0.333 e. The number of benzene rings is 3. The maximum absolute atomic E-state index is 13.0. The molecule has 162 valence electrons. The van der Waals surface area contributed by atoms with E-state index in [0.29, 0.717) is 17.1 Å². The molecule has 0 fully saturated rings. The summed E-state index contributed by atoms with van der Waals surface area (Å²) in [5.74, 6) is 0.450. The van der Waals surface area contributed by atoms with Gasteiger partial charge in [0.1, 0.15) is 24.7 Å². The number of carbonyl (C=O) groups excluding carboxylic acids is 2. The highest BCUT2D eigenvalue weighted by molar-refractivity contribution is 5.86. The molecule has 0 aliphatic carbocycles. The molecule has 32 heavy (non-hydrogen) atoms. The zero-order chi connectivity index (χ0) is 22.3. The molecule has 0 radical (unpaired) electrons. The van der Waals surface area contributed by atoms with Crippen LogP contribution >= 0.6 is 0 Å². The van der Waals surface area contributed by atoms with Crippen molar-refractivity contribution >= 4 is 22.9 Å². The quantitative estimate of drug-likeness (QED) is 0.433. The van der Waals surface area contributed by atoms with Gasteiger partial charge in [-0.3, -0.25) is 4.79 Å². The summed E-state index contributed by atoms with van der Waals surface area (Å²) in [7, 11) is 1.30. The van der Waals surface area contributed by atoms with Crippen molar-refractivity contribution in [3.05, 3.63) is 96.3 Å². The van der Waals surface area contributed by atoms with Gasteiger partial charge in [-0.1, -0.05) is 60.7 Å².